The maximum absolute atomic E-state index is 14.9. The van der Waals surface area contributed by atoms with Crippen molar-refractivity contribution in [2.24, 2.45) is 10.9 Å². The first-order valence-corrected chi connectivity index (χ1v) is 9.62. The van der Waals surface area contributed by atoms with E-state index < -0.39 is 11.8 Å². The summed E-state index contributed by atoms with van der Waals surface area (Å²) in [6.45, 7) is 2.04. The Morgan fingerprint density at radius 3 is 2.71 bits per heavy atom. The molecule has 0 saturated carbocycles. The fourth-order valence-corrected chi connectivity index (χ4v) is 2.92. The van der Waals surface area contributed by atoms with Gasteiger partial charge in [0.25, 0.3) is 0 Å². The van der Waals surface area contributed by atoms with Crippen molar-refractivity contribution in [3.8, 4) is 11.1 Å². The van der Waals surface area contributed by atoms with E-state index in [0.29, 0.717) is 43.4 Å². The molecule has 2 aliphatic heterocycles. The Hall–Kier alpha value is -3.60. The van der Waals surface area contributed by atoms with Crippen LogP contribution in [-0.2, 0) is 25.7 Å². The van der Waals surface area contributed by atoms with Crippen LogP contribution in [0.1, 0.15) is 12.0 Å². The zero-order chi connectivity index (χ0) is 21.8. The average molecular weight is 428 g/mol. The van der Waals surface area contributed by atoms with Crippen LogP contribution in [0.15, 0.2) is 35.7 Å². The van der Waals surface area contributed by atoms with Crippen molar-refractivity contribution < 1.29 is 23.5 Å². The summed E-state index contributed by atoms with van der Waals surface area (Å²) < 4.78 is 24.9. The summed E-state index contributed by atoms with van der Waals surface area (Å²) in [5, 5.41) is 11.2. The van der Waals surface area contributed by atoms with E-state index in [1.54, 1.807) is 24.5 Å². The van der Waals surface area contributed by atoms with E-state index >= 15 is 0 Å². The van der Waals surface area contributed by atoms with Gasteiger partial charge in [0.05, 0.1) is 32.0 Å². The molecule has 2 fully saturated rings. The Labute approximate surface area is 177 Å². The average Bonchev–Trinajstić information content (AvgIpc) is 2.67. The highest BCUT2D eigenvalue weighted by Gasteiger charge is 2.27. The number of carbonyl (C=O) groups excluding carboxylic acids is 1. The van der Waals surface area contributed by atoms with Gasteiger partial charge in [0.1, 0.15) is 24.7 Å². The van der Waals surface area contributed by atoms with Crippen LogP contribution in [-0.4, -0.2) is 59.9 Å². The van der Waals surface area contributed by atoms with Gasteiger partial charge in [-0.1, -0.05) is 23.4 Å². The second-order valence-electron chi connectivity index (χ2n) is 7.19. The monoisotopic (exact) mass is 428 g/mol. The van der Waals surface area contributed by atoms with Crippen LogP contribution in [0.2, 0.25) is 0 Å². The zero-order valence-corrected chi connectivity index (χ0v) is 16.6. The molecule has 0 radical (unpaired) electrons. The number of oxime groups is 1. The minimum absolute atomic E-state index is 0.0420. The molecule has 31 heavy (non-hydrogen) atoms. The lowest BCUT2D eigenvalue weighted by atomic mass is 10.1. The SMILES string of the molecule is N=C(N)CC(=O)OCc1cccc(-c2cnc(N3CC(=NOC4COC4)C3)nc2)c1F. The van der Waals surface area contributed by atoms with Gasteiger partial charge in [0.15, 0.2) is 6.10 Å². The van der Waals surface area contributed by atoms with Gasteiger partial charge in [-0.25, -0.2) is 14.4 Å². The summed E-state index contributed by atoms with van der Waals surface area (Å²) in [6.07, 6.45) is 2.80. The summed E-state index contributed by atoms with van der Waals surface area (Å²) in [7, 11) is 0. The molecule has 11 heteroatoms. The highest BCUT2D eigenvalue weighted by molar-refractivity contribution is 5.98. The van der Waals surface area contributed by atoms with Crippen LogP contribution in [0.4, 0.5) is 10.3 Å². The Morgan fingerprint density at radius 1 is 1.32 bits per heavy atom. The smallest absolute Gasteiger partial charge is 0.313 e. The number of amidine groups is 1. The van der Waals surface area contributed by atoms with E-state index in [2.05, 4.69) is 15.1 Å². The lowest BCUT2D eigenvalue weighted by Gasteiger charge is -2.33. The van der Waals surface area contributed by atoms with Crippen molar-refractivity contribution in [2.75, 3.05) is 31.2 Å². The topological polar surface area (TPSA) is 136 Å². The summed E-state index contributed by atoms with van der Waals surface area (Å²) in [6, 6.07) is 4.78. The van der Waals surface area contributed by atoms with Crippen LogP contribution in [0.3, 0.4) is 0 Å². The standard InChI is InChI=1S/C20H21FN6O4/c21-19-12(9-30-18(28)4-17(22)23)2-1-3-16(19)13-5-24-20(25-6-13)27-7-14(8-27)26-31-15-10-29-11-15/h1-3,5-6,15H,4,7-11H2,(H3,22,23). The van der Waals surface area contributed by atoms with E-state index in [9.17, 15) is 9.18 Å². The summed E-state index contributed by atoms with van der Waals surface area (Å²) in [5.41, 5.74) is 7.06. The number of esters is 1. The van der Waals surface area contributed by atoms with Gasteiger partial charge in [-0.3, -0.25) is 10.2 Å². The number of benzene rings is 1. The number of nitrogens with two attached hydrogens (primary N) is 1. The molecule has 3 heterocycles. The van der Waals surface area contributed by atoms with Gasteiger partial charge in [0.2, 0.25) is 5.95 Å². The van der Waals surface area contributed by atoms with Crippen molar-refractivity contribution in [1.29, 1.82) is 5.41 Å². The predicted molar refractivity (Wildman–Crippen MR) is 109 cm³/mol. The number of hydrogen-bond acceptors (Lipinski definition) is 9. The Kier molecular flexibility index (Phi) is 6.03. The molecular weight excluding hydrogens is 407 g/mol. The van der Waals surface area contributed by atoms with E-state index in [4.69, 9.17) is 25.5 Å². The second kappa shape index (κ2) is 9.04. The zero-order valence-electron chi connectivity index (χ0n) is 16.6. The number of aromatic nitrogens is 2. The molecule has 3 N–H and O–H groups in total. The summed E-state index contributed by atoms with van der Waals surface area (Å²) in [5.74, 6) is -0.999. The Morgan fingerprint density at radius 2 is 2.06 bits per heavy atom. The number of nitrogens with zero attached hydrogens (tertiary/aromatic N) is 4. The van der Waals surface area contributed by atoms with Crippen molar-refractivity contribution in [2.45, 2.75) is 19.1 Å². The molecule has 4 rings (SSSR count). The molecule has 1 aromatic heterocycles. The minimum atomic E-state index is -0.686. The van der Waals surface area contributed by atoms with Gasteiger partial charge in [-0.05, 0) is 0 Å². The van der Waals surface area contributed by atoms with E-state index in [1.807, 2.05) is 4.90 Å². The van der Waals surface area contributed by atoms with Crippen LogP contribution in [0.5, 0.6) is 0 Å². The van der Waals surface area contributed by atoms with Crippen LogP contribution < -0.4 is 10.6 Å². The number of halogens is 1. The van der Waals surface area contributed by atoms with E-state index in [1.165, 1.54) is 6.07 Å². The van der Waals surface area contributed by atoms with Crippen molar-refractivity contribution in [1.82, 2.24) is 9.97 Å². The molecule has 0 bridgehead atoms. The lowest BCUT2D eigenvalue weighted by molar-refractivity contribution is -0.143. The molecule has 162 valence electrons. The highest BCUT2D eigenvalue weighted by atomic mass is 19.1. The molecule has 10 nitrogen and oxygen atoms in total. The minimum Gasteiger partial charge on any atom is -0.460 e. The van der Waals surface area contributed by atoms with Gasteiger partial charge < -0.3 is 24.9 Å². The molecule has 0 amide bonds. The first-order chi connectivity index (χ1) is 15.0. The largest absolute Gasteiger partial charge is 0.460 e. The molecule has 0 aliphatic carbocycles. The Bertz CT molecular complexity index is 1000. The van der Waals surface area contributed by atoms with E-state index in [0.717, 1.165) is 5.71 Å². The van der Waals surface area contributed by atoms with Gasteiger partial charge in [-0.15, -0.1) is 0 Å². The lowest BCUT2D eigenvalue weighted by Crippen LogP contribution is -2.49. The summed E-state index contributed by atoms with van der Waals surface area (Å²) in [4.78, 5) is 27.4. The molecule has 2 aliphatic rings. The third-order valence-electron chi connectivity index (χ3n) is 4.72. The normalized spacial score (nSPS) is 15.6. The number of ether oxygens (including phenoxy) is 2. The number of nitrogens with one attached hydrogen (secondary N) is 1. The fourth-order valence-electron chi connectivity index (χ4n) is 2.92. The molecule has 0 atom stereocenters. The highest BCUT2D eigenvalue weighted by Crippen LogP contribution is 2.26. The molecule has 0 spiro atoms. The van der Waals surface area contributed by atoms with Crippen molar-refractivity contribution in [3.05, 3.63) is 42.0 Å². The maximum Gasteiger partial charge on any atom is 0.313 e. The molecular formula is C20H21FN6O4. The van der Waals surface area contributed by atoms with Gasteiger partial charge >= 0.3 is 5.97 Å². The second-order valence-corrected chi connectivity index (χ2v) is 7.19. The van der Waals surface area contributed by atoms with Gasteiger partial charge in [-0.2, -0.15) is 0 Å². The van der Waals surface area contributed by atoms with Gasteiger partial charge in [0, 0.05) is 29.1 Å². The molecule has 2 saturated heterocycles. The quantitative estimate of drug-likeness (QED) is 0.277. The molecule has 0 unspecified atom stereocenters. The first-order valence-electron chi connectivity index (χ1n) is 9.62. The number of anilines is 1. The molecule has 1 aromatic carbocycles. The number of rotatable bonds is 8. The third-order valence-corrected chi connectivity index (χ3v) is 4.72. The number of hydrogen-bond donors (Lipinski definition) is 2. The number of carbonyl (C=O) groups is 1. The van der Waals surface area contributed by atoms with Crippen LogP contribution in [0, 0.1) is 11.2 Å². The van der Waals surface area contributed by atoms with E-state index in [-0.39, 0.29) is 30.5 Å². The van der Waals surface area contributed by atoms with Crippen LogP contribution in [0.25, 0.3) is 11.1 Å². The molecule has 2 aromatic rings. The first kappa shape index (κ1) is 20.7. The summed E-state index contributed by atoms with van der Waals surface area (Å²) >= 11 is 0. The maximum atomic E-state index is 14.9. The third kappa shape index (κ3) is 4.94. The Balaban J connectivity index is 1.36. The fraction of sp³-hybridized carbons (Fsp3) is 0.350. The van der Waals surface area contributed by atoms with Crippen molar-refractivity contribution in [3.63, 3.8) is 0 Å². The predicted octanol–water partition coefficient (Wildman–Crippen LogP) is 1.24. The van der Waals surface area contributed by atoms with Crippen LogP contribution >= 0.6 is 0 Å². The van der Waals surface area contributed by atoms with Crippen molar-refractivity contribution >= 4 is 23.5 Å².